The summed E-state index contributed by atoms with van der Waals surface area (Å²) in [5, 5.41) is 6.48. The van der Waals surface area contributed by atoms with Crippen molar-refractivity contribution in [3.63, 3.8) is 0 Å². The first-order chi connectivity index (χ1) is 20.9. The average molecular weight is 642 g/mol. The molecule has 5 unspecified atom stereocenters. The number of methoxy groups -OCH3 is 2. The van der Waals surface area contributed by atoms with E-state index < -0.39 is 14.4 Å². The fourth-order valence-electron chi connectivity index (χ4n) is 22.4. The van der Waals surface area contributed by atoms with Gasteiger partial charge in [-0.2, -0.15) is 0 Å². The van der Waals surface area contributed by atoms with Crippen molar-refractivity contribution in [3.05, 3.63) is 109 Å². The first-order valence-electron chi connectivity index (χ1n) is 16.1. The van der Waals surface area contributed by atoms with Crippen molar-refractivity contribution >= 4 is 37.1 Å². The molecule has 10 aliphatic rings. The van der Waals surface area contributed by atoms with Gasteiger partial charge in [-0.05, 0) is 0 Å². The molecule has 14 rings (SSSR count). The van der Waals surface area contributed by atoms with Crippen molar-refractivity contribution in [1.29, 1.82) is 0 Å². The third-order valence-electron chi connectivity index (χ3n) is 20.9. The first kappa shape index (κ1) is 22.4. The van der Waals surface area contributed by atoms with E-state index in [9.17, 15) is 0 Å². The van der Waals surface area contributed by atoms with Gasteiger partial charge in [0.15, 0.2) is 0 Å². The van der Waals surface area contributed by atoms with Gasteiger partial charge in [0.1, 0.15) is 0 Å². The van der Waals surface area contributed by atoms with Crippen molar-refractivity contribution in [2.75, 3.05) is 14.2 Å². The number of ether oxygens (including phenoxy) is 2. The van der Waals surface area contributed by atoms with Crippen LogP contribution in [0.1, 0.15) is 6.92 Å². The summed E-state index contributed by atoms with van der Waals surface area (Å²) in [4.78, 5) is 9.95. The molecule has 0 saturated carbocycles. The zero-order valence-electron chi connectivity index (χ0n) is 24.7. The van der Waals surface area contributed by atoms with E-state index in [2.05, 4.69) is 116 Å². The second-order valence-electron chi connectivity index (χ2n) is 17.2. The third kappa shape index (κ3) is 0.648. The van der Waals surface area contributed by atoms with Gasteiger partial charge < -0.3 is 0 Å². The van der Waals surface area contributed by atoms with E-state index in [1.165, 1.54) is 38.5 Å². The van der Waals surface area contributed by atoms with Crippen LogP contribution in [0.5, 0.6) is 11.5 Å². The van der Waals surface area contributed by atoms with Crippen LogP contribution in [0.25, 0.3) is 0 Å². The Morgan fingerprint density at radius 3 is 1.37 bits per heavy atom. The number of benzene rings is 4. The molecule has 0 aromatic heterocycles. The van der Waals surface area contributed by atoms with Crippen molar-refractivity contribution in [3.8, 4) is 11.5 Å². The second-order valence-corrected chi connectivity index (χ2v) is 45.8. The Bertz CT molecular complexity index is 2230. The molecule has 0 radical (unpaired) electrons. The van der Waals surface area contributed by atoms with Gasteiger partial charge in [-0.1, -0.05) is 0 Å². The van der Waals surface area contributed by atoms with Crippen LogP contribution in [0.2, 0.25) is 42.8 Å². The molecular weight excluding hydrogens is 606 g/mol. The van der Waals surface area contributed by atoms with Gasteiger partial charge in [-0.25, -0.2) is 0 Å². The van der Waals surface area contributed by atoms with E-state index >= 15 is 0 Å². The second kappa shape index (κ2) is 3.80. The Hall–Kier alpha value is -2.14. The van der Waals surface area contributed by atoms with Gasteiger partial charge in [0.05, 0.1) is 0 Å². The minimum absolute atomic E-state index is 0.357. The van der Waals surface area contributed by atoms with Crippen molar-refractivity contribution in [1.82, 2.24) is 0 Å². The van der Waals surface area contributed by atoms with E-state index in [-0.39, 0.29) is 7.92 Å². The maximum atomic E-state index is 5.64. The molecule has 6 atom stereocenters. The molecule has 10 aliphatic heterocycles. The summed E-state index contributed by atoms with van der Waals surface area (Å²) in [5.41, 5.74) is 0.741. The molecule has 1 spiro atoms. The average Bonchev–Trinajstić information content (AvgIpc) is 4.02. The van der Waals surface area contributed by atoms with Crippen LogP contribution in [0.3, 0.4) is 0 Å². The molecule has 0 aliphatic carbocycles. The number of fused-ring (bicyclic) bond motifs is 10. The summed E-state index contributed by atoms with van der Waals surface area (Å²) in [6.45, 7) is -1.09. The fraction of sp³-hybridized carbons (Fsp3) is 0.368. The summed E-state index contributed by atoms with van der Waals surface area (Å²) >= 11 is 0. The Balaban J connectivity index is 1.05. The van der Waals surface area contributed by atoms with E-state index in [1.54, 1.807) is 35.4 Å². The number of hydrogen-bond donors (Lipinski definition) is 0. The third-order valence-corrected chi connectivity index (χ3v) is 74.3. The molecule has 0 N–H and O–H groups in total. The fourth-order valence-corrected chi connectivity index (χ4v) is 120. The Kier molecular flexibility index (Phi) is 1.98. The van der Waals surface area contributed by atoms with Crippen LogP contribution in [-0.4, -0.2) is 23.9 Å². The number of rotatable bonds is 9. The van der Waals surface area contributed by atoms with E-state index in [0.29, 0.717) is 8.37 Å². The van der Waals surface area contributed by atoms with Gasteiger partial charge in [0.25, 0.3) is 0 Å². The van der Waals surface area contributed by atoms with Gasteiger partial charge in [0.2, 0.25) is 0 Å². The standard InChI is InChI=1S/C33H31O2P2.C5H5.Fe/c1-25(36(30-21-17-26(34-2)18-22-30)31-23-19-27(35-3)20-24-31)32-15-10-16-33(32)37(28-11-6-4-7-12-28)29-13-8-5-9-14-29;1-2-4-5-3-1;/h4-25H,1-3H3;1-5H;. The predicted molar refractivity (Wildman–Crippen MR) is 176 cm³/mol. The van der Waals surface area contributed by atoms with Crippen molar-refractivity contribution < 1.29 is 16.0 Å². The molecule has 4 aromatic rings. The molecule has 218 valence electrons. The normalized spacial score (nSPS) is 56.6. The SMILES string of the molecule is COc1ccc(P(c2ccc(OC)cc2)C(C)[C@]23[CH]4[CH]5[CH]6[C]2(P(c2ccccc2)c2ccccc2)[Fe]56432789[CH]3[CH]2[CH]7[CH]8[CH]39)cc1. The Labute approximate surface area is 246 Å². The zero-order valence-corrected chi connectivity index (χ0v) is 27.5. The van der Waals surface area contributed by atoms with E-state index in [1.807, 2.05) is 0 Å². The molecule has 10 heterocycles. The van der Waals surface area contributed by atoms with Gasteiger partial charge in [-0.3, -0.25) is 0 Å². The van der Waals surface area contributed by atoms with Crippen molar-refractivity contribution in [2.45, 2.75) is 59.5 Å². The molecule has 0 amide bonds. The van der Waals surface area contributed by atoms with Crippen LogP contribution < -0.4 is 30.7 Å². The van der Waals surface area contributed by atoms with Gasteiger partial charge >= 0.3 is 247 Å². The van der Waals surface area contributed by atoms with Crippen molar-refractivity contribution in [2.24, 2.45) is 0 Å². The van der Waals surface area contributed by atoms with E-state index in [0.717, 1.165) is 17.2 Å². The Morgan fingerprint density at radius 1 is 0.558 bits per heavy atom. The summed E-state index contributed by atoms with van der Waals surface area (Å²) < 4.78 is 12.7. The van der Waals surface area contributed by atoms with Crippen LogP contribution >= 0.6 is 15.8 Å². The van der Waals surface area contributed by atoms with Crippen LogP contribution in [0, 0.1) is 0 Å². The van der Waals surface area contributed by atoms with Crippen LogP contribution in [0.15, 0.2) is 109 Å². The maximum absolute atomic E-state index is 5.64. The first-order valence-corrected chi connectivity index (χ1v) is 25.0. The predicted octanol–water partition coefficient (Wildman–Crippen LogP) is 8.33. The van der Waals surface area contributed by atoms with Crippen LogP contribution in [-0.2, 0) is 6.51 Å². The zero-order chi connectivity index (χ0) is 28.3. The summed E-state index contributed by atoms with van der Waals surface area (Å²) in [6, 6.07) is 42.6. The monoisotopic (exact) mass is 642 g/mol. The molecule has 10 saturated heterocycles. The minimum atomic E-state index is -3.89. The molecule has 10 fully saturated rings. The summed E-state index contributed by atoms with van der Waals surface area (Å²) in [6.07, 6.45) is 0. The summed E-state index contributed by atoms with van der Waals surface area (Å²) in [7, 11) is 2.71. The molecule has 43 heavy (non-hydrogen) atoms. The summed E-state index contributed by atoms with van der Waals surface area (Å²) in [5.74, 6) is 1.93. The quantitative estimate of drug-likeness (QED) is 0.135. The van der Waals surface area contributed by atoms with Gasteiger partial charge in [0, 0.05) is 0 Å². The van der Waals surface area contributed by atoms with Crippen LogP contribution in [0.4, 0.5) is 0 Å². The molecule has 2 nitrogen and oxygen atoms in total. The number of hydrogen-bond acceptors (Lipinski definition) is 2. The van der Waals surface area contributed by atoms with Gasteiger partial charge in [-0.15, -0.1) is 0 Å². The molecule has 4 aromatic carbocycles. The molecule has 0 bridgehead atoms. The van der Waals surface area contributed by atoms with E-state index in [4.69, 9.17) is 9.47 Å². The topological polar surface area (TPSA) is 18.5 Å². The Morgan fingerprint density at radius 2 is 1.00 bits per heavy atom. The molecular formula is C38H36FeO2P2. The molecule has 5 heteroatoms.